The molecule has 1 unspecified atom stereocenters. The van der Waals surface area contributed by atoms with Crippen LogP contribution >= 0.6 is 0 Å². The Labute approximate surface area is 203 Å². The van der Waals surface area contributed by atoms with E-state index in [9.17, 15) is 14.7 Å². The maximum absolute atomic E-state index is 12.6. The van der Waals surface area contributed by atoms with Gasteiger partial charge in [0.05, 0.1) is 0 Å². The van der Waals surface area contributed by atoms with Gasteiger partial charge in [0, 0.05) is 17.9 Å². The van der Waals surface area contributed by atoms with E-state index in [1.165, 1.54) is 0 Å². The summed E-state index contributed by atoms with van der Waals surface area (Å²) in [6.07, 6.45) is -0.768. The number of hydrogen-bond acceptors (Lipinski definition) is 4. The highest BCUT2D eigenvalue weighted by Crippen LogP contribution is 2.44. The lowest BCUT2D eigenvalue weighted by Crippen LogP contribution is -2.42. The highest BCUT2D eigenvalue weighted by atomic mass is 16.5. The van der Waals surface area contributed by atoms with E-state index >= 15 is 0 Å². The van der Waals surface area contributed by atoms with Crippen LogP contribution in [-0.2, 0) is 16.0 Å². The molecule has 1 atom stereocenters. The summed E-state index contributed by atoms with van der Waals surface area (Å²) in [4.78, 5) is 24.4. The number of hydrogen-bond donors (Lipinski definition) is 2. The van der Waals surface area contributed by atoms with Crippen LogP contribution in [0.25, 0.3) is 22.5 Å². The van der Waals surface area contributed by atoms with E-state index in [4.69, 9.17) is 9.15 Å². The van der Waals surface area contributed by atoms with Crippen LogP contribution in [0.4, 0.5) is 4.79 Å². The third-order valence-corrected chi connectivity index (χ3v) is 6.30. The maximum Gasteiger partial charge on any atom is 0.407 e. The molecule has 35 heavy (non-hydrogen) atoms. The van der Waals surface area contributed by atoms with Gasteiger partial charge in [-0.2, -0.15) is 0 Å². The summed E-state index contributed by atoms with van der Waals surface area (Å²) < 4.78 is 11.4. The number of ether oxygens (including phenoxy) is 1. The Balaban J connectivity index is 1.24. The first-order chi connectivity index (χ1) is 17.0. The van der Waals surface area contributed by atoms with Gasteiger partial charge in [-0.25, -0.2) is 9.59 Å². The zero-order chi connectivity index (χ0) is 24.4. The molecule has 1 heterocycles. The molecule has 0 saturated heterocycles. The fourth-order valence-corrected chi connectivity index (χ4v) is 4.62. The first-order valence-corrected chi connectivity index (χ1v) is 11.5. The van der Waals surface area contributed by atoms with Crippen molar-refractivity contribution < 1.29 is 23.8 Å². The second kappa shape index (κ2) is 9.50. The SMILES string of the molecule is Cc1cccc(-c2ccc(CC(NC(=O)OCC3c4ccccc4-c4ccccc43)C(=O)O)o2)c1. The van der Waals surface area contributed by atoms with Crippen LogP contribution in [0.1, 0.15) is 28.4 Å². The molecule has 1 aliphatic rings. The van der Waals surface area contributed by atoms with Gasteiger partial charge in [-0.05, 0) is 47.4 Å². The molecule has 0 saturated carbocycles. The molecular weight excluding hydrogens is 442 g/mol. The predicted molar refractivity (Wildman–Crippen MR) is 132 cm³/mol. The Morgan fingerprint density at radius 3 is 2.29 bits per heavy atom. The lowest BCUT2D eigenvalue weighted by Gasteiger charge is -2.17. The third kappa shape index (κ3) is 4.68. The van der Waals surface area contributed by atoms with Gasteiger partial charge in [-0.15, -0.1) is 0 Å². The number of nitrogens with one attached hydrogen (secondary N) is 1. The van der Waals surface area contributed by atoms with Crippen LogP contribution in [0.5, 0.6) is 0 Å². The normalized spacial score (nSPS) is 13.1. The summed E-state index contributed by atoms with van der Waals surface area (Å²) >= 11 is 0. The largest absolute Gasteiger partial charge is 0.480 e. The number of benzene rings is 3. The molecule has 1 aliphatic carbocycles. The van der Waals surface area contributed by atoms with Crippen LogP contribution in [-0.4, -0.2) is 29.8 Å². The van der Waals surface area contributed by atoms with Crippen molar-refractivity contribution in [1.29, 1.82) is 0 Å². The Morgan fingerprint density at radius 2 is 1.63 bits per heavy atom. The summed E-state index contributed by atoms with van der Waals surface area (Å²) in [5.41, 5.74) is 6.45. The smallest absolute Gasteiger partial charge is 0.407 e. The van der Waals surface area contributed by atoms with Gasteiger partial charge in [0.2, 0.25) is 0 Å². The van der Waals surface area contributed by atoms with E-state index < -0.39 is 18.1 Å². The van der Waals surface area contributed by atoms with E-state index in [0.717, 1.165) is 33.4 Å². The number of furan rings is 1. The fraction of sp³-hybridized carbons (Fsp3) is 0.172. The van der Waals surface area contributed by atoms with Crippen molar-refractivity contribution in [2.45, 2.75) is 25.3 Å². The second-order valence-electron chi connectivity index (χ2n) is 8.70. The van der Waals surface area contributed by atoms with E-state index in [-0.39, 0.29) is 18.9 Å². The van der Waals surface area contributed by atoms with Gasteiger partial charge < -0.3 is 19.6 Å². The maximum atomic E-state index is 12.6. The van der Waals surface area contributed by atoms with Crippen LogP contribution < -0.4 is 5.32 Å². The lowest BCUT2D eigenvalue weighted by atomic mass is 9.98. The standard InChI is InChI=1S/C29H25NO5/c1-18-7-6-8-19(15-18)27-14-13-20(35-27)16-26(28(31)32)30-29(33)34-17-25-23-11-4-2-9-21(23)22-10-3-5-12-24(22)25/h2-15,25-26H,16-17H2,1H3,(H,30,33)(H,31,32). The molecule has 3 aromatic carbocycles. The van der Waals surface area contributed by atoms with E-state index in [1.54, 1.807) is 12.1 Å². The van der Waals surface area contributed by atoms with Crippen molar-refractivity contribution >= 4 is 12.1 Å². The zero-order valence-electron chi connectivity index (χ0n) is 19.2. The van der Waals surface area contributed by atoms with E-state index in [0.29, 0.717) is 11.5 Å². The monoisotopic (exact) mass is 467 g/mol. The van der Waals surface area contributed by atoms with Gasteiger partial charge >= 0.3 is 12.1 Å². The number of carbonyl (C=O) groups is 2. The number of carbonyl (C=O) groups excluding carboxylic acids is 1. The van der Waals surface area contributed by atoms with Crippen LogP contribution in [0, 0.1) is 6.92 Å². The first-order valence-electron chi connectivity index (χ1n) is 11.5. The molecule has 6 heteroatoms. The summed E-state index contributed by atoms with van der Waals surface area (Å²) in [7, 11) is 0. The third-order valence-electron chi connectivity index (χ3n) is 6.30. The highest BCUT2D eigenvalue weighted by molar-refractivity contribution is 5.81. The first kappa shape index (κ1) is 22.5. The average Bonchev–Trinajstić information content (AvgIpc) is 3.45. The number of carboxylic acids is 1. The summed E-state index contributed by atoms with van der Waals surface area (Å²) in [5.74, 6) is -0.146. The van der Waals surface area contributed by atoms with Crippen molar-refractivity contribution in [3.8, 4) is 22.5 Å². The Bertz CT molecular complexity index is 1340. The molecule has 6 nitrogen and oxygen atoms in total. The Hall–Kier alpha value is -4.32. The lowest BCUT2D eigenvalue weighted by molar-refractivity contribution is -0.139. The molecule has 0 fully saturated rings. The number of aliphatic carboxylic acids is 1. The molecule has 0 bridgehead atoms. The number of rotatable bonds is 7. The minimum absolute atomic E-state index is 0.00530. The molecule has 2 N–H and O–H groups in total. The number of aryl methyl sites for hydroxylation is 1. The minimum Gasteiger partial charge on any atom is -0.480 e. The van der Waals surface area contributed by atoms with E-state index in [2.05, 4.69) is 17.4 Å². The highest BCUT2D eigenvalue weighted by Gasteiger charge is 2.30. The molecule has 0 spiro atoms. The molecule has 4 aromatic rings. The van der Waals surface area contributed by atoms with Crippen LogP contribution in [0.2, 0.25) is 0 Å². The molecular formula is C29H25NO5. The number of carboxylic acid groups (broad SMARTS) is 1. The average molecular weight is 468 g/mol. The summed E-state index contributed by atoms with van der Waals surface area (Å²) in [6.45, 7) is 2.11. The molecule has 5 rings (SSSR count). The number of amides is 1. The van der Waals surface area contributed by atoms with Crippen molar-refractivity contribution in [3.63, 3.8) is 0 Å². The van der Waals surface area contributed by atoms with Gasteiger partial charge in [-0.1, -0.05) is 72.3 Å². The topological polar surface area (TPSA) is 88.8 Å². The molecule has 1 aromatic heterocycles. The Morgan fingerprint density at radius 1 is 0.943 bits per heavy atom. The van der Waals surface area contributed by atoms with Crippen molar-refractivity contribution in [2.24, 2.45) is 0 Å². The van der Waals surface area contributed by atoms with Crippen molar-refractivity contribution in [2.75, 3.05) is 6.61 Å². The van der Waals surface area contributed by atoms with Crippen LogP contribution in [0.3, 0.4) is 0 Å². The quantitative estimate of drug-likeness (QED) is 0.359. The molecule has 0 aliphatic heterocycles. The Kier molecular flexibility index (Phi) is 6.10. The second-order valence-corrected chi connectivity index (χ2v) is 8.70. The molecule has 0 radical (unpaired) electrons. The van der Waals surface area contributed by atoms with Gasteiger partial charge in [0.15, 0.2) is 0 Å². The van der Waals surface area contributed by atoms with Crippen LogP contribution in [0.15, 0.2) is 89.3 Å². The van der Waals surface area contributed by atoms with E-state index in [1.807, 2.05) is 67.6 Å². The summed E-state index contributed by atoms with van der Waals surface area (Å²) in [5, 5.41) is 12.1. The van der Waals surface area contributed by atoms with Gasteiger partial charge in [0.1, 0.15) is 24.2 Å². The summed E-state index contributed by atoms with van der Waals surface area (Å²) in [6, 6.07) is 26.3. The van der Waals surface area contributed by atoms with Gasteiger partial charge in [0.25, 0.3) is 0 Å². The van der Waals surface area contributed by atoms with Crippen molar-refractivity contribution in [3.05, 3.63) is 107 Å². The zero-order valence-corrected chi connectivity index (χ0v) is 19.2. The predicted octanol–water partition coefficient (Wildman–Crippen LogP) is 5.79. The molecule has 176 valence electrons. The van der Waals surface area contributed by atoms with Crippen molar-refractivity contribution in [1.82, 2.24) is 5.32 Å². The fourth-order valence-electron chi connectivity index (χ4n) is 4.62. The number of fused-ring (bicyclic) bond motifs is 3. The number of alkyl carbamates (subject to hydrolysis) is 1. The van der Waals surface area contributed by atoms with Gasteiger partial charge in [-0.3, -0.25) is 0 Å². The molecule has 1 amide bonds. The minimum atomic E-state index is -1.18.